The zero-order valence-electron chi connectivity index (χ0n) is 14.0. The smallest absolute Gasteiger partial charge is 0.123 e. The summed E-state index contributed by atoms with van der Waals surface area (Å²) in [4.78, 5) is 2.50. The molecule has 0 bridgehead atoms. The molecule has 0 saturated heterocycles. The van der Waals surface area contributed by atoms with Gasteiger partial charge in [-0.25, -0.2) is 0 Å². The van der Waals surface area contributed by atoms with Crippen LogP contribution in [0.2, 0.25) is 0 Å². The van der Waals surface area contributed by atoms with Crippen LogP contribution in [-0.2, 0) is 13.1 Å². The Morgan fingerprint density at radius 3 is 2.52 bits per heavy atom. The van der Waals surface area contributed by atoms with Crippen molar-refractivity contribution in [1.82, 2.24) is 4.90 Å². The fourth-order valence-corrected chi connectivity index (χ4v) is 3.33. The predicted molar refractivity (Wildman–Crippen MR) is 88.4 cm³/mol. The fourth-order valence-electron chi connectivity index (χ4n) is 3.33. The zero-order chi connectivity index (χ0) is 15.5. The molecule has 0 spiro atoms. The van der Waals surface area contributed by atoms with Crippen LogP contribution in [-0.4, -0.2) is 25.1 Å². The summed E-state index contributed by atoms with van der Waals surface area (Å²) >= 11 is 0. The molecule has 1 aliphatic carbocycles. The Morgan fingerprint density at radius 2 is 1.95 bits per heavy atom. The van der Waals surface area contributed by atoms with Crippen LogP contribution in [0, 0.1) is 5.41 Å². The van der Waals surface area contributed by atoms with Gasteiger partial charge in [0, 0.05) is 24.7 Å². The average molecular weight is 290 g/mol. The maximum atomic E-state index is 5.80. The van der Waals surface area contributed by atoms with E-state index in [0.29, 0.717) is 18.0 Å². The van der Waals surface area contributed by atoms with Crippen molar-refractivity contribution in [3.63, 3.8) is 0 Å². The summed E-state index contributed by atoms with van der Waals surface area (Å²) in [7, 11) is 3.94. The first-order chi connectivity index (χ1) is 9.95. The second-order valence-corrected chi connectivity index (χ2v) is 7.16. The molecular weight excluding hydrogens is 260 g/mol. The molecule has 0 heterocycles. The average Bonchev–Trinajstić information content (AvgIpc) is 2.46. The second-order valence-electron chi connectivity index (χ2n) is 7.16. The standard InChI is InChI=1S/C18H30N2O/c1-18(2)9-7-16(8-10-18)20(3)13-14-5-6-17(21-4)15(11-14)12-19/h5-6,11,16H,7-10,12-13,19H2,1-4H3. The van der Waals surface area contributed by atoms with Crippen molar-refractivity contribution in [2.24, 2.45) is 11.1 Å². The van der Waals surface area contributed by atoms with Gasteiger partial charge in [0.15, 0.2) is 0 Å². The summed E-state index contributed by atoms with van der Waals surface area (Å²) in [5, 5.41) is 0. The van der Waals surface area contributed by atoms with Gasteiger partial charge in [-0.1, -0.05) is 19.9 Å². The van der Waals surface area contributed by atoms with Crippen LogP contribution in [0.4, 0.5) is 0 Å². The highest BCUT2D eigenvalue weighted by atomic mass is 16.5. The van der Waals surface area contributed by atoms with Crippen LogP contribution in [0.25, 0.3) is 0 Å². The summed E-state index contributed by atoms with van der Waals surface area (Å²) in [5.74, 6) is 0.892. The number of rotatable bonds is 5. The molecule has 0 unspecified atom stereocenters. The third-order valence-electron chi connectivity index (χ3n) is 4.93. The summed E-state index contributed by atoms with van der Waals surface area (Å²) in [6.45, 7) is 6.29. The monoisotopic (exact) mass is 290 g/mol. The summed E-state index contributed by atoms with van der Waals surface area (Å²) in [6.07, 6.45) is 5.28. The highest BCUT2D eigenvalue weighted by molar-refractivity contribution is 5.37. The molecule has 1 saturated carbocycles. The molecule has 2 N–H and O–H groups in total. The first-order valence-corrected chi connectivity index (χ1v) is 8.01. The Balaban J connectivity index is 1.98. The molecule has 21 heavy (non-hydrogen) atoms. The number of benzene rings is 1. The highest BCUT2D eigenvalue weighted by Gasteiger charge is 2.28. The van der Waals surface area contributed by atoms with Gasteiger partial charge in [0.05, 0.1) is 7.11 Å². The van der Waals surface area contributed by atoms with Crippen molar-refractivity contribution in [3.05, 3.63) is 29.3 Å². The minimum atomic E-state index is 0.526. The molecule has 1 aromatic rings. The third kappa shape index (κ3) is 4.21. The maximum absolute atomic E-state index is 5.80. The molecule has 0 radical (unpaired) electrons. The van der Waals surface area contributed by atoms with Crippen molar-refractivity contribution in [2.75, 3.05) is 14.2 Å². The van der Waals surface area contributed by atoms with Gasteiger partial charge in [0.1, 0.15) is 5.75 Å². The number of hydrogen-bond donors (Lipinski definition) is 1. The van der Waals surface area contributed by atoms with Crippen LogP contribution in [0.3, 0.4) is 0 Å². The van der Waals surface area contributed by atoms with Gasteiger partial charge in [0.2, 0.25) is 0 Å². The van der Waals surface area contributed by atoms with E-state index >= 15 is 0 Å². The van der Waals surface area contributed by atoms with Crippen molar-refractivity contribution in [3.8, 4) is 5.75 Å². The second kappa shape index (κ2) is 6.80. The molecule has 1 fully saturated rings. The number of nitrogens with zero attached hydrogens (tertiary/aromatic N) is 1. The van der Waals surface area contributed by atoms with Crippen molar-refractivity contribution < 1.29 is 4.74 Å². The normalized spacial score (nSPS) is 19.0. The van der Waals surface area contributed by atoms with Crippen LogP contribution in [0.15, 0.2) is 18.2 Å². The van der Waals surface area contributed by atoms with E-state index in [4.69, 9.17) is 10.5 Å². The largest absolute Gasteiger partial charge is 0.496 e. The van der Waals surface area contributed by atoms with Crippen LogP contribution in [0.1, 0.15) is 50.7 Å². The van der Waals surface area contributed by atoms with E-state index in [9.17, 15) is 0 Å². The van der Waals surface area contributed by atoms with E-state index in [-0.39, 0.29) is 0 Å². The van der Waals surface area contributed by atoms with E-state index in [1.165, 1.54) is 31.2 Å². The van der Waals surface area contributed by atoms with Gasteiger partial charge in [-0.2, -0.15) is 0 Å². The van der Waals surface area contributed by atoms with E-state index < -0.39 is 0 Å². The molecule has 0 amide bonds. The Kier molecular flexibility index (Phi) is 5.28. The topological polar surface area (TPSA) is 38.5 Å². The SMILES string of the molecule is COc1ccc(CN(C)C2CCC(C)(C)CC2)cc1CN. The summed E-state index contributed by atoms with van der Waals surface area (Å²) in [5.41, 5.74) is 8.75. The van der Waals surface area contributed by atoms with Crippen molar-refractivity contribution in [1.29, 1.82) is 0 Å². The minimum Gasteiger partial charge on any atom is -0.496 e. The lowest BCUT2D eigenvalue weighted by molar-refractivity contribution is 0.123. The van der Waals surface area contributed by atoms with Crippen molar-refractivity contribution >= 4 is 0 Å². The number of methoxy groups -OCH3 is 1. The zero-order valence-corrected chi connectivity index (χ0v) is 14.0. The predicted octanol–water partition coefficient (Wildman–Crippen LogP) is 3.55. The molecule has 2 rings (SSSR count). The first-order valence-electron chi connectivity index (χ1n) is 8.01. The highest BCUT2D eigenvalue weighted by Crippen LogP contribution is 2.37. The number of nitrogens with two attached hydrogens (primary N) is 1. The van der Waals surface area contributed by atoms with Crippen LogP contribution in [0.5, 0.6) is 5.75 Å². The molecule has 118 valence electrons. The van der Waals surface area contributed by atoms with E-state index in [0.717, 1.165) is 17.9 Å². The lowest BCUT2D eigenvalue weighted by Crippen LogP contribution is -2.36. The molecular formula is C18H30N2O. The van der Waals surface area contributed by atoms with Gasteiger partial charge >= 0.3 is 0 Å². The lowest BCUT2D eigenvalue weighted by Gasteiger charge is -2.38. The molecule has 0 aliphatic heterocycles. The van der Waals surface area contributed by atoms with E-state index in [2.05, 4.69) is 37.9 Å². The Labute approximate surface area is 129 Å². The van der Waals surface area contributed by atoms with Crippen LogP contribution >= 0.6 is 0 Å². The minimum absolute atomic E-state index is 0.526. The van der Waals surface area contributed by atoms with Gasteiger partial charge in [0.25, 0.3) is 0 Å². The Bertz CT molecular complexity index is 460. The quantitative estimate of drug-likeness (QED) is 0.901. The first kappa shape index (κ1) is 16.3. The maximum Gasteiger partial charge on any atom is 0.123 e. The van der Waals surface area contributed by atoms with Gasteiger partial charge < -0.3 is 10.5 Å². The molecule has 0 aromatic heterocycles. The fraction of sp³-hybridized carbons (Fsp3) is 0.667. The van der Waals surface area contributed by atoms with E-state index in [1.807, 2.05) is 6.07 Å². The third-order valence-corrected chi connectivity index (χ3v) is 4.93. The van der Waals surface area contributed by atoms with Crippen molar-refractivity contribution in [2.45, 2.75) is 58.7 Å². The molecule has 1 aromatic carbocycles. The Hall–Kier alpha value is -1.06. The summed E-state index contributed by atoms with van der Waals surface area (Å²) < 4.78 is 5.34. The number of ether oxygens (including phenoxy) is 1. The van der Waals surface area contributed by atoms with Gasteiger partial charge in [-0.15, -0.1) is 0 Å². The Morgan fingerprint density at radius 1 is 1.29 bits per heavy atom. The molecule has 3 nitrogen and oxygen atoms in total. The van der Waals surface area contributed by atoms with Crippen LogP contribution < -0.4 is 10.5 Å². The molecule has 1 aliphatic rings. The lowest BCUT2D eigenvalue weighted by atomic mass is 9.75. The van der Waals surface area contributed by atoms with E-state index in [1.54, 1.807) is 7.11 Å². The summed E-state index contributed by atoms with van der Waals surface area (Å²) in [6, 6.07) is 7.08. The number of hydrogen-bond acceptors (Lipinski definition) is 3. The van der Waals surface area contributed by atoms with Gasteiger partial charge in [-0.05, 0) is 55.8 Å². The van der Waals surface area contributed by atoms with Gasteiger partial charge in [-0.3, -0.25) is 4.90 Å². The molecule has 0 atom stereocenters. The molecule has 3 heteroatoms.